The molecule has 0 aromatic heterocycles. The molecule has 0 aliphatic heterocycles. The second-order valence-electron chi connectivity index (χ2n) is 10.4. The molecule has 3 rings (SSSR count). The van der Waals surface area contributed by atoms with E-state index in [0.717, 1.165) is 48.5 Å². The van der Waals surface area contributed by atoms with Gasteiger partial charge in [0.25, 0.3) is 0 Å². The molecule has 3 aromatic carbocycles. The number of carbonyl (C=O) groups is 1. The fraction of sp³-hybridized carbons (Fsp3) is 0.417. The van der Waals surface area contributed by atoms with Gasteiger partial charge in [-0.3, -0.25) is 0 Å². The molecule has 0 amide bonds. The lowest BCUT2D eigenvalue weighted by Crippen LogP contribution is -2.11. The Kier molecular flexibility index (Phi) is 13.9. The molecular formula is C36H46O4. The summed E-state index contributed by atoms with van der Waals surface area (Å²) in [4.78, 5) is 12.7. The average Bonchev–Trinajstić information content (AvgIpc) is 2.98. The van der Waals surface area contributed by atoms with Crippen LogP contribution in [0.5, 0.6) is 17.2 Å². The maximum Gasteiger partial charge on any atom is 0.343 e. The van der Waals surface area contributed by atoms with Crippen molar-refractivity contribution in [3.05, 3.63) is 91.0 Å². The van der Waals surface area contributed by atoms with Crippen LogP contribution in [0.15, 0.2) is 85.5 Å². The predicted molar refractivity (Wildman–Crippen MR) is 166 cm³/mol. The zero-order chi connectivity index (χ0) is 28.4. The molecule has 4 heteroatoms. The molecule has 0 heterocycles. The van der Waals surface area contributed by atoms with E-state index in [-0.39, 0.29) is 12.1 Å². The number of esters is 1. The first kappa shape index (κ1) is 31.0. The van der Waals surface area contributed by atoms with Gasteiger partial charge >= 0.3 is 5.97 Å². The van der Waals surface area contributed by atoms with E-state index in [1.807, 2.05) is 54.6 Å². The average molecular weight is 543 g/mol. The van der Waals surface area contributed by atoms with Gasteiger partial charge in [-0.25, -0.2) is 4.79 Å². The Morgan fingerprint density at radius 2 is 1.30 bits per heavy atom. The van der Waals surface area contributed by atoms with Crippen LogP contribution in [-0.2, 0) is 0 Å². The molecule has 0 saturated carbocycles. The highest BCUT2D eigenvalue weighted by Gasteiger charge is 2.10. The minimum atomic E-state index is -0.381. The van der Waals surface area contributed by atoms with Gasteiger partial charge in [-0.05, 0) is 98.7 Å². The van der Waals surface area contributed by atoms with Crippen molar-refractivity contribution in [1.82, 2.24) is 0 Å². The second kappa shape index (κ2) is 17.9. The smallest absolute Gasteiger partial charge is 0.343 e. The molecule has 40 heavy (non-hydrogen) atoms. The van der Waals surface area contributed by atoms with Crippen molar-refractivity contribution in [1.29, 1.82) is 0 Å². The number of carbonyl (C=O) groups excluding carboxylic acids is 1. The number of hydrogen-bond acceptors (Lipinski definition) is 4. The van der Waals surface area contributed by atoms with Crippen LogP contribution in [0.1, 0.15) is 94.8 Å². The normalized spacial score (nSPS) is 11.6. The van der Waals surface area contributed by atoms with Crippen LogP contribution in [0.3, 0.4) is 0 Å². The Hall–Kier alpha value is -3.53. The summed E-state index contributed by atoms with van der Waals surface area (Å²) in [5.74, 6) is 1.79. The SMILES string of the molecule is C=CCCCCCCCOc1ccc(-c2ccc(C(=O)Oc3ccc(O[C@@H](C)CCCCCC)cc3)cc2)cc1. The highest BCUT2D eigenvalue weighted by Crippen LogP contribution is 2.25. The van der Waals surface area contributed by atoms with E-state index in [0.29, 0.717) is 11.3 Å². The van der Waals surface area contributed by atoms with Crippen molar-refractivity contribution in [3.8, 4) is 28.4 Å². The van der Waals surface area contributed by atoms with E-state index in [1.54, 1.807) is 24.3 Å². The van der Waals surface area contributed by atoms with E-state index in [2.05, 4.69) is 20.4 Å². The number of hydrogen-bond donors (Lipinski definition) is 0. The zero-order valence-electron chi connectivity index (χ0n) is 24.4. The summed E-state index contributed by atoms with van der Waals surface area (Å²) < 4.78 is 17.5. The molecular weight excluding hydrogens is 496 g/mol. The summed E-state index contributed by atoms with van der Waals surface area (Å²) >= 11 is 0. The zero-order valence-corrected chi connectivity index (χ0v) is 24.4. The highest BCUT2D eigenvalue weighted by molar-refractivity contribution is 5.91. The number of allylic oxidation sites excluding steroid dienone is 1. The molecule has 0 N–H and O–H groups in total. The Morgan fingerprint density at radius 1 is 0.725 bits per heavy atom. The summed E-state index contributed by atoms with van der Waals surface area (Å²) in [5, 5.41) is 0. The van der Waals surface area contributed by atoms with Crippen LogP contribution in [0.4, 0.5) is 0 Å². The summed E-state index contributed by atoms with van der Waals surface area (Å²) in [6.07, 6.45) is 15.3. The van der Waals surface area contributed by atoms with Crippen LogP contribution < -0.4 is 14.2 Å². The maximum atomic E-state index is 12.7. The first-order valence-corrected chi connectivity index (χ1v) is 15.0. The summed E-state index contributed by atoms with van der Waals surface area (Å²) in [6.45, 7) is 8.83. The predicted octanol–water partition coefficient (Wildman–Crippen LogP) is 10.2. The molecule has 0 radical (unpaired) electrons. The van der Waals surface area contributed by atoms with Gasteiger partial charge in [-0.15, -0.1) is 6.58 Å². The minimum Gasteiger partial charge on any atom is -0.494 e. The van der Waals surface area contributed by atoms with Gasteiger partial charge in [0.2, 0.25) is 0 Å². The fourth-order valence-electron chi connectivity index (χ4n) is 4.56. The third-order valence-electron chi connectivity index (χ3n) is 6.97. The van der Waals surface area contributed by atoms with E-state index in [9.17, 15) is 4.79 Å². The molecule has 4 nitrogen and oxygen atoms in total. The molecule has 0 aliphatic rings. The van der Waals surface area contributed by atoms with Gasteiger partial charge in [0.05, 0.1) is 18.3 Å². The van der Waals surface area contributed by atoms with Gasteiger partial charge in [0, 0.05) is 0 Å². The lowest BCUT2D eigenvalue weighted by Gasteiger charge is -2.15. The number of ether oxygens (including phenoxy) is 3. The van der Waals surface area contributed by atoms with E-state index >= 15 is 0 Å². The molecule has 214 valence electrons. The molecule has 0 fully saturated rings. The lowest BCUT2D eigenvalue weighted by molar-refractivity contribution is 0.0734. The van der Waals surface area contributed by atoms with Crippen molar-refractivity contribution in [2.45, 2.75) is 90.6 Å². The molecule has 1 atom stereocenters. The summed E-state index contributed by atoms with van der Waals surface area (Å²) in [7, 11) is 0. The quantitative estimate of drug-likeness (QED) is 0.0654. The fourth-order valence-corrected chi connectivity index (χ4v) is 4.56. The molecule has 3 aromatic rings. The van der Waals surface area contributed by atoms with Gasteiger partial charge in [0.15, 0.2) is 0 Å². The van der Waals surface area contributed by atoms with Crippen molar-refractivity contribution < 1.29 is 19.0 Å². The van der Waals surface area contributed by atoms with Crippen molar-refractivity contribution >= 4 is 5.97 Å². The van der Waals surface area contributed by atoms with Gasteiger partial charge < -0.3 is 14.2 Å². The molecule has 0 saturated heterocycles. The maximum absolute atomic E-state index is 12.7. The third-order valence-corrected chi connectivity index (χ3v) is 6.97. The standard InChI is InChI=1S/C36H46O4/c1-4-6-8-10-11-12-14-28-38-33-22-20-31(21-23-33)30-16-18-32(19-17-30)36(37)40-35-26-24-34(25-27-35)39-29(3)15-13-9-7-5-2/h4,16-27,29H,1,5-15,28H2,2-3H3/t29-/m0/s1. The third kappa shape index (κ3) is 11.3. The van der Waals surface area contributed by atoms with Gasteiger partial charge in [-0.1, -0.05) is 75.8 Å². The summed E-state index contributed by atoms with van der Waals surface area (Å²) in [5.41, 5.74) is 2.62. The summed E-state index contributed by atoms with van der Waals surface area (Å²) in [6, 6.07) is 22.9. The Bertz CT molecular complexity index is 1120. The van der Waals surface area contributed by atoms with Crippen LogP contribution >= 0.6 is 0 Å². The number of unbranched alkanes of at least 4 members (excludes halogenated alkanes) is 8. The Balaban J connectivity index is 1.41. The van der Waals surface area contributed by atoms with Gasteiger partial charge in [-0.2, -0.15) is 0 Å². The topological polar surface area (TPSA) is 44.8 Å². The van der Waals surface area contributed by atoms with Crippen LogP contribution in [0.25, 0.3) is 11.1 Å². The monoisotopic (exact) mass is 542 g/mol. The highest BCUT2D eigenvalue weighted by atomic mass is 16.5. The van der Waals surface area contributed by atoms with Gasteiger partial charge in [0.1, 0.15) is 17.2 Å². The Labute approximate surface area is 241 Å². The van der Waals surface area contributed by atoms with E-state index < -0.39 is 0 Å². The first-order valence-electron chi connectivity index (χ1n) is 15.0. The van der Waals surface area contributed by atoms with Crippen molar-refractivity contribution in [3.63, 3.8) is 0 Å². The first-order chi connectivity index (χ1) is 19.6. The van der Waals surface area contributed by atoms with Crippen LogP contribution in [0, 0.1) is 0 Å². The molecule has 0 bridgehead atoms. The van der Waals surface area contributed by atoms with Crippen molar-refractivity contribution in [2.75, 3.05) is 6.61 Å². The molecule has 0 aliphatic carbocycles. The molecule has 0 unspecified atom stereocenters. The Morgan fingerprint density at radius 3 is 1.98 bits per heavy atom. The lowest BCUT2D eigenvalue weighted by atomic mass is 10.0. The number of rotatable bonds is 19. The largest absolute Gasteiger partial charge is 0.494 e. The molecule has 0 spiro atoms. The van der Waals surface area contributed by atoms with Crippen LogP contribution in [0.2, 0.25) is 0 Å². The van der Waals surface area contributed by atoms with E-state index in [4.69, 9.17) is 14.2 Å². The number of benzene rings is 3. The second-order valence-corrected chi connectivity index (χ2v) is 10.4. The minimum absolute atomic E-state index is 0.167. The van der Waals surface area contributed by atoms with Crippen molar-refractivity contribution in [2.24, 2.45) is 0 Å². The van der Waals surface area contributed by atoms with Crippen LogP contribution in [-0.4, -0.2) is 18.7 Å². The van der Waals surface area contributed by atoms with E-state index in [1.165, 1.54) is 51.4 Å².